The number of carbonyl (C=O) groups excluding carboxylic acids is 1. The van der Waals surface area contributed by atoms with Gasteiger partial charge in [-0.15, -0.1) is 0 Å². The first kappa shape index (κ1) is 11.6. The summed E-state index contributed by atoms with van der Waals surface area (Å²) in [6.45, 7) is 0. The molecule has 0 radical (unpaired) electrons. The number of hydrogen-bond acceptors (Lipinski definition) is 5. The van der Waals surface area contributed by atoms with Gasteiger partial charge in [0.2, 0.25) is 0 Å². The van der Waals surface area contributed by atoms with E-state index >= 15 is 0 Å². The number of ether oxygens (including phenoxy) is 3. The van der Waals surface area contributed by atoms with Gasteiger partial charge >= 0.3 is 5.97 Å². The summed E-state index contributed by atoms with van der Waals surface area (Å²) >= 11 is 0. The molecule has 0 aromatic carbocycles. The van der Waals surface area contributed by atoms with Crippen molar-refractivity contribution in [1.82, 2.24) is 4.98 Å². The lowest BCUT2D eigenvalue weighted by Gasteiger charge is -2.15. The van der Waals surface area contributed by atoms with Crippen molar-refractivity contribution in [2.24, 2.45) is 0 Å². The van der Waals surface area contributed by atoms with Gasteiger partial charge in [0, 0.05) is 32.2 Å². The number of methoxy groups -OCH3 is 3. The SMILES string of the molecule is COC(=O)c1cnccc1C(OC)OC. The molecule has 0 bridgehead atoms. The Morgan fingerprint density at radius 2 is 2.00 bits per heavy atom. The second-order valence-corrected chi connectivity index (χ2v) is 2.76. The maximum absolute atomic E-state index is 11.4. The van der Waals surface area contributed by atoms with Crippen molar-refractivity contribution in [2.75, 3.05) is 21.3 Å². The lowest BCUT2D eigenvalue weighted by molar-refractivity contribution is -0.106. The van der Waals surface area contributed by atoms with Crippen LogP contribution in [0.5, 0.6) is 0 Å². The van der Waals surface area contributed by atoms with Gasteiger partial charge in [0.25, 0.3) is 0 Å². The minimum atomic E-state index is -0.595. The van der Waals surface area contributed by atoms with E-state index in [1.807, 2.05) is 0 Å². The van der Waals surface area contributed by atoms with Crippen LogP contribution in [0.3, 0.4) is 0 Å². The monoisotopic (exact) mass is 211 g/mol. The van der Waals surface area contributed by atoms with E-state index in [-0.39, 0.29) is 0 Å². The van der Waals surface area contributed by atoms with Gasteiger partial charge in [0.15, 0.2) is 6.29 Å². The Kier molecular flexibility index (Phi) is 4.20. The molecule has 0 aliphatic rings. The molecular weight excluding hydrogens is 198 g/mol. The van der Waals surface area contributed by atoms with Crippen molar-refractivity contribution < 1.29 is 19.0 Å². The fraction of sp³-hybridized carbons (Fsp3) is 0.400. The molecule has 5 nitrogen and oxygen atoms in total. The zero-order valence-electron chi connectivity index (χ0n) is 8.89. The highest BCUT2D eigenvalue weighted by Crippen LogP contribution is 2.21. The Balaban J connectivity index is 3.10. The van der Waals surface area contributed by atoms with Crippen molar-refractivity contribution in [3.63, 3.8) is 0 Å². The molecule has 1 heterocycles. The van der Waals surface area contributed by atoms with Crippen LogP contribution in [0.1, 0.15) is 22.2 Å². The van der Waals surface area contributed by atoms with Gasteiger partial charge in [-0.1, -0.05) is 0 Å². The van der Waals surface area contributed by atoms with Crippen LogP contribution in [-0.2, 0) is 14.2 Å². The van der Waals surface area contributed by atoms with E-state index < -0.39 is 12.3 Å². The number of hydrogen-bond donors (Lipinski definition) is 0. The number of pyridine rings is 1. The molecule has 0 amide bonds. The van der Waals surface area contributed by atoms with Gasteiger partial charge in [-0.05, 0) is 6.07 Å². The highest BCUT2D eigenvalue weighted by atomic mass is 16.7. The maximum Gasteiger partial charge on any atom is 0.339 e. The van der Waals surface area contributed by atoms with Crippen LogP contribution >= 0.6 is 0 Å². The lowest BCUT2D eigenvalue weighted by atomic mass is 10.1. The van der Waals surface area contributed by atoms with Crippen molar-refractivity contribution in [3.05, 3.63) is 29.6 Å². The quantitative estimate of drug-likeness (QED) is 0.552. The standard InChI is InChI=1S/C10H13NO4/c1-13-9(12)8-6-11-5-4-7(8)10(14-2)15-3/h4-6,10H,1-3H3. The van der Waals surface area contributed by atoms with Crippen LogP contribution in [0, 0.1) is 0 Å². The smallest absolute Gasteiger partial charge is 0.339 e. The summed E-state index contributed by atoms with van der Waals surface area (Å²) < 4.78 is 14.8. The molecule has 0 unspecified atom stereocenters. The summed E-state index contributed by atoms with van der Waals surface area (Å²) in [4.78, 5) is 15.3. The molecule has 82 valence electrons. The third-order valence-corrected chi connectivity index (χ3v) is 1.94. The highest BCUT2D eigenvalue weighted by Gasteiger charge is 2.18. The maximum atomic E-state index is 11.4. The third-order valence-electron chi connectivity index (χ3n) is 1.94. The molecule has 1 aromatic rings. The van der Waals surface area contributed by atoms with Crippen molar-refractivity contribution in [1.29, 1.82) is 0 Å². The van der Waals surface area contributed by atoms with Gasteiger partial charge in [-0.2, -0.15) is 0 Å². The van der Waals surface area contributed by atoms with E-state index in [2.05, 4.69) is 9.72 Å². The van der Waals surface area contributed by atoms with E-state index in [0.717, 1.165) is 0 Å². The van der Waals surface area contributed by atoms with Crippen LogP contribution < -0.4 is 0 Å². The molecule has 1 rings (SSSR count). The summed E-state index contributed by atoms with van der Waals surface area (Å²) in [5.74, 6) is -0.461. The van der Waals surface area contributed by atoms with Crippen molar-refractivity contribution in [2.45, 2.75) is 6.29 Å². The Bertz CT molecular complexity index is 336. The van der Waals surface area contributed by atoms with E-state index in [4.69, 9.17) is 9.47 Å². The minimum absolute atomic E-state index is 0.341. The molecule has 0 aliphatic heterocycles. The molecule has 0 saturated heterocycles. The van der Waals surface area contributed by atoms with Gasteiger partial charge in [0.05, 0.1) is 12.7 Å². The van der Waals surface area contributed by atoms with E-state index in [0.29, 0.717) is 11.1 Å². The molecular formula is C10H13NO4. The predicted octanol–water partition coefficient (Wildman–Crippen LogP) is 1.16. The normalized spacial score (nSPS) is 10.4. The fourth-order valence-electron chi connectivity index (χ4n) is 1.24. The second-order valence-electron chi connectivity index (χ2n) is 2.76. The minimum Gasteiger partial charge on any atom is -0.465 e. The molecule has 5 heteroatoms. The fourth-order valence-corrected chi connectivity index (χ4v) is 1.24. The number of rotatable bonds is 4. The highest BCUT2D eigenvalue weighted by molar-refractivity contribution is 5.90. The summed E-state index contributed by atoms with van der Waals surface area (Å²) in [6, 6.07) is 1.66. The Hall–Kier alpha value is -1.46. The van der Waals surface area contributed by atoms with Gasteiger partial charge in [-0.25, -0.2) is 4.79 Å². The molecule has 0 aliphatic carbocycles. The van der Waals surface area contributed by atoms with Crippen LogP contribution in [0.25, 0.3) is 0 Å². The van der Waals surface area contributed by atoms with Crippen LogP contribution in [-0.4, -0.2) is 32.3 Å². The number of nitrogens with zero attached hydrogens (tertiary/aromatic N) is 1. The molecule has 0 fully saturated rings. The molecule has 0 spiro atoms. The Labute approximate surface area is 88.0 Å². The molecule has 15 heavy (non-hydrogen) atoms. The zero-order valence-corrected chi connectivity index (χ0v) is 8.89. The lowest BCUT2D eigenvalue weighted by Crippen LogP contribution is -2.12. The van der Waals surface area contributed by atoms with Gasteiger partial charge in [-0.3, -0.25) is 4.98 Å². The number of esters is 1. The number of aromatic nitrogens is 1. The molecule has 1 aromatic heterocycles. The van der Waals surface area contributed by atoms with Crippen LogP contribution in [0.2, 0.25) is 0 Å². The van der Waals surface area contributed by atoms with Crippen molar-refractivity contribution in [3.8, 4) is 0 Å². The summed E-state index contributed by atoms with van der Waals surface area (Å²) in [6.07, 6.45) is 2.39. The second kappa shape index (κ2) is 5.43. The first-order valence-electron chi connectivity index (χ1n) is 4.32. The molecule has 0 saturated carbocycles. The van der Waals surface area contributed by atoms with E-state index in [1.54, 1.807) is 12.3 Å². The molecule has 0 atom stereocenters. The third kappa shape index (κ3) is 2.51. The number of carbonyl (C=O) groups is 1. The zero-order chi connectivity index (χ0) is 11.3. The first-order valence-corrected chi connectivity index (χ1v) is 4.32. The Morgan fingerprint density at radius 3 is 2.53 bits per heavy atom. The van der Waals surface area contributed by atoms with Gasteiger partial charge in [0.1, 0.15) is 0 Å². The van der Waals surface area contributed by atoms with E-state index in [9.17, 15) is 4.79 Å². The first-order chi connectivity index (χ1) is 7.24. The van der Waals surface area contributed by atoms with E-state index in [1.165, 1.54) is 27.5 Å². The topological polar surface area (TPSA) is 57.7 Å². The largest absolute Gasteiger partial charge is 0.465 e. The average Bonchev–Trinajstić information content (AvgIpc) is 2.30. The van der Waals surface area contributed by atoms with Crippen LogP contribution in [0.15, 0.2) is 18.5 Å². The summed E-state index contributed by atoms with van der Waals surface area (Å²) in [7, 11) is 4.30. The van der Waals surface area contributed by atoms with Crippen molar-refractivity contribution >= 4 is 5.97 Å². The Morgan fingerprint density at radius 1 is 1.33 bits per heavy atom. The predicted molar refractivity (Wildman–Crippen MR) is 52.3 cm³/mol. The van der Waals surface area contributed by atoms with Crippen LogP contribution in [0.4, 0.5) is 0 Å². The van der Waals surface area contributed by atoms with Gasteiger partial charge < -0.3 is 14.2 Å². The average molecular weight is 211 g/mol. The summed E-state index contributed by atoms with van der Waals surface area (Å²) in [5, 5.41) is 0. The molecule has 0 N–H and O–H groups in total. The summed E-state index contributed by atoms with van der Waals surface area (Å²) in [5.41, 5.74) is 0.940.